The number of carbonyl (C=O) groups excluding carboxylic acids is 2. The number of ether oxygens (including phenoxy) is 1. The minimum Gasteiger partial charge on any atom is -0.383 e. The number of benzene rings is 1. The third-order valence-electron chi connectivity index (χ3n) is 5.11. The summed E-state index contributed by atoms with van der Waals surface area (Å²) in [7, 11) is 1.62. The van der Waals surface area contributed by atoms with Crippen molar-refractivity contribution in [1.82, 2.24) is 10.2 Å². The highest BCUT2D eigenvalue weighted by Gasteiger charge is 2.42. The summed E-state index contributed by atoms with van der Waals surface area (Å²) >= 11 is 0. The van der Waals surface area contributed by atoms with Crippen molar-refractivity contribution in [2.45, 2.75) is 25.2 Å². The Bertz CT molecular complexity index is 673. The van der Waals surface area contributed by atoms with Crippen molar-refractivity contribution in [1.29, 1.82) is 0 Å². The lowest BCUT2D eigenvalue weighted by molar-refractivity contribution is -0.130. The number of nitrogens with zero attached hydrogens (tertiary/aromatic N) is 1. The summed E-state index contributed by atoms with van der Waals surface area (Å²) in [5.41, 5.74) is 2.85. The summed E-state index contributed by atoms with van der Waals surface area (Å²) in [6, 6.07) is 8.13. The van der Waals surface area contributed by atoms with Crippen molar-refractivity contribution < 1.29 is 14.3 Å². The second-order valence-corrected chi connectivity index (χ2v) is 6.51. The molecule has 5 heteroatoms. The van der Waals surface area contributed by atoms with E-state index >= 15 is 0 Å². The van der Waals surface area contributed by atoms with E-state index in [0.717, 1.165) is 37.1 Å². The van der Waals surface area contributed by atoms with Crippen LogP contribution in [0.3, 0.4) is 0 Å². The van der Waals surface area contributed by atoms with Crippen LogP contribution in [0, 0.1) is 0 Å². The number of hydrogen-bond donors (Lipinski definition) is 1. The Morgan fingerprint density at radius 1 is 1.25 bits per heavy atom. The molecule has 24 heavy (non-hydrogen) atoms. The van der Waals surface area contributed by atoms with Crippen LogP contribution in [0.5, 0.6) is 0 Å². The van der Waals surface area contributed by atoms with Gasteiger partial charge in [-0.3, -0.25) is 9.59 Å². The lowest BCUT2D eigenvalue weighted by Crippen LogP contribution is -2.43. The van der Waals surface area contributed by atoms with Crippen LogP contribution in [0.2, 0.25) is 0 Å². The maximum atomic E-state index is 12.6. The molecule has 2 amide bonds. The Balaban J connectivity index is 1.86. The van der Waals surface area contributed by atoms with Crippen LogP contribution in [0.25, 0.3) is 5.57 Å². The van der Waals surface area contributed by atoms with E-state index < -0.39 is 0 Å². The molecule has 1 aliphatic carbocycles. The van der Waals surface area contributed by atoms with E-state index in [0.29, 0.717) is 13.2 Å². The van der Waals surface area contributed by atoms with Crippen molar-refractivity contribution >= 4 is 17.4 Å². The zero-order chi connectivity index (χ0) is 17.2. The maximum absolute atomic E-state index is 12.6. The molecule has 2 aliphatic rings. The highest BCUT2D eigenvalue weighted by Crippen LogP contribution is 2.47. The molecule has 1 saturated heterocycles. The summed E-state index contributed by atoms with van der Waals surface area (Å²) < 4.78 is 5.00. The molecule has 1 aliphatic heterocycles. The monoisotopic (exact) mass is 328 g/mol. The van der Waals surface area contributed by atoms with E-state index in [2.05, 4.69) is 17.5 Å². The van der Waals surface area contributed by atoms with E-state index in [9.17, 15) is 9.59 Å². The van der Waals surface area contributed by atoms with Gasteiger partial charge in [-0.1, -0.05) is 30.3 Å². The fraction of sp³-hybridized carbons (Fsp3) is 0.474. The minimum absolute atomic E-state index is 0.0506. The van der Waals surface area contributed by atoms with Gasteiger partial charge in [-0.05, 0) is 24.0 Å². The van der Waals surface area contributed by atoms with Gasteiger partial charge in [-0.2, -0.15) is 0 Å². The molecule has 128 valence electrons. The topological polar surface area (TPSA) is 58.6 Å². The van der Waals surface area contributed by atoms with Crippen molar-refractivity contribution in [2.75, 3.05) is 33.4 Å². The molecule has 3 rings (SSSR count). The summed E-state index contributed by atoms with van der Waals surface area (Å²) in [5.74, 6) is 0.0722. The average molecular weight is 328 g/mol. The lowest BCUT2D eigenvalue weighted by atomic mass is 9.74. The molecule has 5 nitrogen and oxygen atoms in total. The molecule has 1 heterocycles. The number of amides is 2. The van der Waals surface area contributed by atoms with Gasteiger partial charge in [0.15, 0.2) is 0 Å². The van der Waals surface area contributed by atoms with E-state index in [4.69, 9.17) is 4.74 Å². The highest BCUT2D eigenvalue weighted by molar-refractivity contribution is 6.21. The average Bonchev–Trinajstić information content (AvgIpc) is 2.90. The quantitative estimate of drug-likeness (QED) is 0.856. The van der Waals surface area contributed by atoms with Crippen molar-refractivity contribution in [3.05, 3.63) is 41.5 Å². The molecule has 0 bridgehead atoms. The Labute approximate surface area is 142 Å². The molecular formula is C19H24N2O3. The van der Waals surface area contributed by atoms with Crippen LogP contribution in [0.15, 0.2) is 30.3 Å². The van der Waals surface area contributed by atoms with Gasteiger partial charge in [-0.25, -0.2) is 0 Å². The van der Waals surface area contributed by atoms with Crippen LogP contribution in [-0.4, -0.2) is 50.1 Å². The summed E-state index contributed by atoms with van der Waals surface area (Å²) in [6.45, 7) is 4.09. The highest BCUT2D eigenvalue weighted by atomic mass is 16.5. The number of likely N-dealkylation sites (tertiary alicyclic amines) is 1. The number of piperidine rings is 1. The van der Waals surface area contributed by atoms with Gasteiger partial charge in [0.05, 0.1) is 6.61 Å². The molecule has 0 unspecified atom stereocenters. The first-order valence-electron chi connectivity index (χ1n) is 8.43. The van der Waals surface area contributed by atoms with Gasteiger partial charge in [0.2, 0.25) is 5.91 Å². The number of hydrogen-bond acceptors (Lipinski definition) is 3. The van der Waals surface area contributed by atoms with Crippen molar-refractivity contribution in [3.63, 3.8) is 0 Å². The number of nitrogens with one attached hydrogen (secondary N) is 1. The van der Waals surface area contributed by atoms with Gasteiger partial charge in [0, 0.05) is 44.7 Å². The number of methoxy groups -OCH3 is 1. The summed E-state index contributed by atoms with van der Waals surface area (Å²) in [4.78, 5) is 26.1. The van der Waals surface area contributed by atoms with Crippen molar-refractivity contribution in [3.8, 4) is 0 Å². The smallest absolute Gasteiger partial charge is 0.251 e. The first-order chi connectivity index (χ1) is 11.6. The van der Waals surface area contributed by atoms with E-state index in [1.54, 1.807) is 14.0 Å². The van der Waals surface area contributed by atoms with E-state index in [1.165, 1.54) is 5.56 Å². The third kappa shape index (κ3) is 2.96. The second kappa shape index (κ2) is 6.77. The number of fused-ring (bicyclic) bond motifs is 2. The standard InChI is InChI=1S/C19H24N2O3/c1-14(22)21-10-7-19(8-11-21)13-16(18(23)20-9-12-24-2)15-5-3-4-6-17(15)19/h3-6,13H,7-12H2,1-2H3,(H,20,23). The molecule has 0 saturated carbocycles. The molecular weight excluding hydrogens is 304 g/mol. The maximum Gasteiger partial charge on any atom is 0.251 e. The lowest BCUT2D eigenvalue weighted by Gasteiger charge is -2.38. The fourth-order valence-electron chi connectivity index (χ4n) is 3.77. The van der Waals surface area contributed by atoms with Gasteiger partial charge in [0.1, 0.15) is 0 Å². The molecule has 0 aromatic heterocycles. The van der Waals surface area contributed by atoms with Crippen LogP contribution in [-0.2, 0) is 19.7 Å². The molecule has 1 aromatic rings. The summed E-state index contributed by atoms with van der Waals surface area (Å²) in [6.07, 6.45) is 3.84. The van der Waals surface area contributed by atoms with Crippen molar-refractivity contribution in [2.24, 2.45) is 0 Å². The SMILES string of the molecule is COCCNC(=O)C1=CC2(CCN(C(C)=O)CC2)c2ccccc21. The van der Waals surface area contributed by atoms with Gasteiger partial charge >= 0.3 is 0 Å². The van der Waals surface area contributed by atoms with E-state index in [-0.39, 0.29) is 17.2 Å². The second-order valence-electron chi connectivity index (χ2n) is 6.51. The normalized spacial score (nSPS) is 18.2. The first-order valence-corrected chi connectivity index (χ1v) is 8.43. The number of allylic oxidation sites excluding steroid dienone is 1. The Morgan fingerprint density at radius 3 is 2.62 bits per heavy atom. The Kier molecular flexibility index (Phi) is 4.71. The molecule has 0 atom stereocenters. The third-order valence-corrected chi connectivity index (χ3v) is 5.11. The first kappa shape index (κ1) is 16.7. The fourth-order valence-corrected chi connectivity index (χ4v) is 3.77. The van der Waals surface area contributed by atoms with Crippen LogP contribution >= 0.6 is 0 Å². The van der Waals surface area contributed by atoms with E-state index in [1.807, 2.05) is 23.1 Å². The minimum atomic E-state index is -0.128. The zero-order valence-electron chi connectivity index (χ0n) is 14.3. The number of rotatable bonds is 4. The van der Waals surface area contributed by atoms with Crippen LogP contribution in [0.1, 0.15) is 30.9 Å². The molecule has 1 spiro atoms. The Morgan fingerprint density at radius 2 is 1.96 bits per heavy atom. The molecule has 1 N–H and O–H groups in total. The van der Waals surface area contributed by atoms with Gasteiger partial charge < -0.3 is 15.0 Å². The van der Waals surface area contributed by atoms with Crippen LogP contribution in [0.4, 0.5) is 0 Å². The largest absolute Gasteiger partial charge is 0.383 e. The predicted octanol–water partition coefficient (Wildman–Crippen LogP) is 1.73. The predicted molar refractivity (Wildman–Crippen MR) is 92.5 cm³/mol. The number of carbonyl (C=O) groups is 2. The Hall–Kier alpha value is -2.14. The molecule has 0 radical (unpaired) electrons. The van der Waals surface area contributed by atoms with Gasteiger partial charge in [-0.15, -0.1) is 0 Å². The zero-order valence-corrected chi connectivity index (χ0v) is 14.3. The summed E-state index contributed by atoms with van der Waals surface area (Å²) in [5, 5.41) is 2.92. The van der Waals surface area contributed by atoms with Gasteiger partial charge in [0.25, 0.3) is 5.91 Å². The molecule has 1 fully saturated rings. The van der Waals surface area contributed by atoms with Crippen LogP contribution < -0.4 is 5.32 Å². The molecule has 1 aromatic carbocycles.